The van der Waals surface area contributed by atoms with Crippen molar-refractivity contribution in [1.29, 1.82) is 0 Å². The fourth-order valence-corrected chi connectivity index (χ4v) is 4.70. The number of halogens is 3. The van der Waals surface area contributed by atoms with Crippen LogP contribution in [0.25, 0.3) is 22.3 Å². The van der Waals surface area contributed by atoms with Gasteiger partial charge in [-0.1, -0.05) is 19.1 Å². The Morgan fingerprint density at radius 2 is 1.76 bits per heavy atom. The van der Waals surface area contributed by atoms with Gasteiger partial charge in [0.15, 0.2) is 17.5 Å². The molecule has 0 fully saturated rings. The van der Waals surface area contributed by atoms with Crippen molar-refractivity contribution in [2.45, 2.75) is 19.8 Å². The normalized spacial score (nSPS) is 12.8. The number of nitrogens with zero attached hydrogens (tertiary/aromatic N) is 3. The lowest BCUT2D eigenvalue weighted by Crippen LogP contribution is -2.10. The Labute approximate surface area is 189 Å². The van der Waals surface area contributed by atoms with Gasteiger partial charge in [0.1, 0.15) is 18.4 Å². The lowest BCUT2D eigenvalue weighted by Gasteiger charge is -2.19. The van der Waals surface area contributed by atoms with Crippen molar-refractivity contribution >= 4 is 29.3 Å². The summed E-state index contributed by atoms with van der Waals surface area (Å²) in [5, 5.41) is 0. The van der Waals surface area contributed by atoms with Crippen LogP contribution < -0.4 is 11.2 Å². The second-order valence-electron chi connectivity index (χ2n) is 8.33. The Kier molecular flexibility index (Phi) is 5.74. The molecule has 3 aromatic heterocycles. The van der Waals surface area contributed by atoms with E-state index in [1.54, 1.807) is 39.3 Å². The van der Waals surface area contributed by atoms with Crippen LogP contribution in [0.3, 0.4) is 0 Å². The Bertz CT molecular complexity index is 1430. The number of hydrogen-bond acceptors (Lipinski definition) is 5. The fraction of sp³-hybridized carbons (Fsp3) is 0.208. The van der Waals surface area contributed by atoms with Crippen LogP contribution in [0.4, 0.5) is 18.9 Å². The molecular weight excluding hydrogens is 448 g/mol. The Hall–Kier alpha value is -3.25. The molecule has 4 aromatic rings. The van der Waals surface area contributed by atoms with Crippen LogP contribution in [0.1, 0.15) is 29.7 Å². The van der Waals surface area contributed by atoms with Crippen molar-refractivity contribution in [2.24, 2.45) is 0 Å². The summed E-state index contributed by atoms with van der Waals surface area (Å²) in [7, 11) is -2.56. The number of nitrogen functional groups attached to an aromatic ring is 1. The standard InChI is InChI=1S/C24H22F3N4OP/c1-12(15-6-5-7-16(25)21(15)27)20-13(2)30-18-10-17(26)23(31-24(18)22(20)28)14-8-9-19(29-11-14)33(3,4)32/h5-12H,1-4H3,(H2,28,30)/t12-/m1/s1. The molecule has 2 N–H and O–H groups in total. The number of hydrogen-bond donors (Lipinski definition) is 1. The summed E-state index contributed by atoms with van der Waals surface area (Å²) in [5.74, 6) is -3.13. The van der Waals surface area contributed by atoms with Crippen molar-refractivity contribution < 1.29 is 17.7 Å². The van der Waals surface area contributed by atoms with Gasteiger partial charge in [0, 0.05) is 35.0 Å². The minimum Gasteiger partial charge on any atom is -0.397 e. The molecule has 0 amide bonds. The summed E-state index contributed by atoms with van der Waals surface area (Å²) in [6.45, 7) is 6.58. The number of pyridine rings is 3. The van der Waals surface area contributed by atoms with Crippen molar-refractivity contribution in [2.75, 3.05) is 19.1 Å². The first-order valence-corrected chi connectivity index (χ1v) is 12.8. The van der Waals surface area contributed by atoms with E-state index >= 15 is 0 Å². The third-order valence-corrected chi connectivity index (χ3v) is 7.00. The van der Waals surface area contributed by atoms with Crippen molar-refractivity contribution in [3.8, 4) is 11.3 Å². The highest BCUT2D eigenvalue weighted by atomic mass is 31.2. The summed E-state index contributed by atoms with van der Waals surface area (Å²) in [6, 6.07) is 8.38. The smallest absolute Gasteiger partial charge is 0.162 e. The average molecular weight is 470 g/mol. The van der Waals surface area contributed by atoms with Gasteiger partial charge in [-0.15, -0.1) is 0 Å². The first-order chi connectivity index (χ1) is 15.5. The molecule has 5 nitrogen and oxygen atoms in total. The van der Waals surface area contributed by atoms with Gasteiger partial charge in [-0.3, -0.25) is 9.97 Å². The van der Waals surface area contributed by atoms with E-state index in [0.29, 0.717) is 22.3 Å². The molecule has 0 saturated carbocycles. The number of aromatic nitrogens is 3. The average Bonchev–Trinajstić information content (AvgIpc) is 2.74. The Morgan fingerprint density at radius 3 is 2.39 bits per heavy atom. The van der Waals surface area contributed by atoms with Crippen LogP contribution in [0.15, 0.2) is 42.6 Å². The summed E-state index contributed by atoms with van der Waals surface area (Å²) in [6.07, 6.45) is 1.41. The van der Waals surface area contributed by atoms with Gasteiger partial charge in [0.25, 0.3) is 0 Å². The number of benzene rings is 1. The summed E-state index contributed by atoms with van der Waals surface area (Å²) >= 11 is 0. The molecule has 0 saturated heterocycles. The highest BCUT2D eigenvalue weighted by Gasteiger charge is 2.24. The third kappa shape index (κ3) is 4.11. The first kappa shape index (κ1) is 22.9. The summed E-state index contributed by atoms with van der Waals surface area (Å²) < 4.78 is 55.4. The predicted molar refractivity (Wildman–Crippen MR) is 125 cm³/mol. The van der Waals surface area contributed by atoms with Gasteiger partial charge in [0.05, 0.1) is 16.6 Å². The zero-order valence-corrected chi connectivity index (χ0v) is 19.4. The van der Waals surface area contributed by atoms with Gasteiger partial charge >= 0.3 is 0 Å². The van der Waals surface area contributed by atoms with Gasteiger partial charge < -0.3 is 10.3 Å². The molecule has 0 aliphatic rings. The lowest BCUT2D eigenvalue weighted by atomic mass is 9.90. The molecule has 0 aliphatic carbocycles. The largest absolute Gasteiger partial charge is 0.397 e. The molecule has 170 valence electrons. The first-order valence-electron chi connectivity index (χ1n) is 10.2. The second kappa shape index (κ2) is 8.27. The van der Waals surface area contributed by atoms with Crippen LogP contribution in [-0.2, 0) is 4.57 Å². The number of rotatable bonds is 4. The van der Waals surface area contributed by atoms with E-state index in [0.717, 1.165) is 6.07 Å². The van der Waals surface area contributed by atoms with E-state index in [2.05, 4.69) is 15.0 Å². The third-order valence-electron chi connectivity index (χ3n) is 5.63. The maximum atomic E-state index is 14.9. The molecule has 33 heavy (non-hydrogen) atoms. The number of anilines is 1. The molecule has 1 atom stereocenters. The molecular formula is C24H22F3N4OP. The molecule has 0 aliphatic heterocycles. The molecule has 0 radical (unpaired) electrons. The van der Waals surface area contributed by atoms with Crippen LogP contribution in [0, 0.1) is 24.4 Å². The number of fused-ring (bicyclic) bond motifs is 1. The Balaban J connectivity index is 1.88. The lowest BCUT2D eigenvalue weighted by molar-refractivity contribution is 0.496. The topological polar surface area (TPSA) is 81.8 Å². The second-order valence-corrected chi connectivity index (χ2v) is 11.5. The predicted octanol–water partition coefficient (Wildman–Crippen LogP) is 5.40. The van der Waals surface area contributed by atoms with E-state index in [-0.39, 0.29) is 28.0 Å². The minimum absolute atomic E-state index is 0.0106. The fourth-order valence-electron chi connectivity index (χ4n) is 3.93. The van der Waals surface area contributed by atoms with Crippen LogP contribution in [-0.4, -0.2) is 28.3 Å². The van der Waals surface area contributed by atoms with Crippen LogP contribution in [0.2, 0.25) is 0 Å². The zero-order valence-electron chi connectivity index (χ0n) is 18.5. The van der Waals surface area contributed by atoms with Crippen LogP contribution in [0.5, 0.6) is 0 Å². The van der Waals surface area contributed by atoms with E-state index < -0.39 is 30.5 Å². The highest BCUT2D eigenvalue weighted by molar-refractivity contribution is 7.69. The van der Waals surface area contributed by atoms with Gasteiger partial charge in [-0.05, 0) is 44.0 Å². The molecule has 0 spiro atoms. The van der Waals surface area contributed by atoms with Gasteiger partial charge in [-0.25, -0.2) is 18.2 Å². The molecule has 9 heteroatoms. The minimum atomic E-state index is -2.56. The molecule has 0 bridgehead atoms. The summed E-state index contributed by atoms with van der Waals surface area (Å²) in [4.78, 5) is 13.0. The van der Waals surface area contributed by atoms with E-state index in [4.69, 9.17) is 5.73 Å². The monoisotopic (exact) mass is 470 g/mol. The summed E-state index contributed by atoms with van der Waals surface area (Å²) in [5.41, 5.74) is 9.06. The quantitative estimate of drug-likeness (QED) is 0.404. The molecule has 0 unspecified atom stereocenters. The van der Waals surface area contributed by atoms with Crippen molar-refractivity contribution in [3.63, 3.8) is 0 Å². The molecule has 1 aromatic carbocycles. The van der Waals surface area contributed by atoms with Gasteiger partial charge in [0.2, 0.25) is 0 Å². The van der Waals surface area contributed by atoms with Gasteiger partial charge in [-0.2, -0.15) is 0 Å². The molecule has 4 rings (SSSR count). The maximum Gasteiger partial charge on any atom is 0.162 e. The Morgan fingerprint density at radius 1 is 1.03 bits per heavy atom. The van der Waals surface area contributed by atoms with Crippen molar-refractivity contribution in [3.05, 3.63) is 76.9 Å². The molecule has 3 heterocycles. The maximum absolute atomic E-state index is 14.9. The number of nitrogens with two attached hydrogens (primary N) is 1. The van der Waals surface area contributed by atoms with Crippen molar-refractivity contribution in [1.82, 2.24) is 15.0 Å². The van der Waals surface area contributed by atoms with E-state index in [9.17, 15) is 17.7 Å². The van der Waals surface area contributed by atoms with E-state index in [1.807, 2.05) is 0 Å². The SMILES string of the molecule is Cc1nc2cc(F)c(-c3ccc(P(C)(C)=O)nc3)nc2c(N)c1[C@H](C)c1cccc(F)c1F. The highest BCUT2D eigenvalue weighted by Crippen LogP contribution is 2.37. The zero-order chi connectivity index (χ0) is 24.1. The van der Waals surface area contributed by atoms with Crippen LogP contribution >= 0.6 is 7.14 Å². The number of aryl methyl sites for hydroxylation is 1. The van der Waals surface area contributed by atoms with E-state index in [1.165, 1.54) is 24.4 Å².